The van der Waals surface area contributed by atoms with E-state index in [1.165, 1.54) is 0 Å². The van der Waals surface area contributed by atoms with E-state index >= 15 is 0 Å². The summed E-state index contributed by atoms with van der Waals surface area (Å²) >= 11 is 0. The molecule has 0 rings (SSSR count). The van der Waals surface area contributed by atoms with Gasteiger partial charge in [0.2, 0.25) is 6.67 Å². The molecule has 8 heavy (non-hydrogen) atoms. The van der Waals surface area contributed by atoms with Crippen LogP contribution in [0.25, 0.3) is 0 Å². The zero-order valence-electron chi connectivity index (χ0n) is 5.35. The Morgan fingerprint density at radius 3 is 2.50 bits per heavy atom. The standard InChI is InChI=1S/C6H13N2/c1-3-5-8(4-2)6-7/h2-3,5-7H2,1H3/q+1. The van der Waals surface area contributed by atoms with E-state index in [4.69, 9.17) is 5.73 Å². The average molecular weight is 113 g/mol. The molecular formula is C6H13N2+. The van der Waals surface area contributed by atoms with Crippen LogP contribution in [0.4, 0.5) is 0 Å². The molecule has 2 nitrogen and oxygen atoms in total. The van der Waals surface area contributed by atoms with Gasteiger partial charge in [-0.3, -0.25) is 5.73 Å². The van der Waals surface area contributed by atoms with Gasteiger partial charge in [-0.2, -0.15) is 4.58 Å². The summed E-state index contributed by atoms with van der Waals surface area (Å²) in [6, 6.07) is 0. The highest BCUT2D eigenvalue weighted by molar-refractivity contribution is 5.39. The molecule has 0 radical (unpaired) electrons. The van der Waals surface area contributed by atoms with E-state index in [-0.39, 0.29) is 0 Å². The average Bonchev–Trinajstić information content (AvgIpc) is 1.83. The molecule has 0 aromatic heterocycles. The SMILES string of the molecule is C=C=[N+](CN)CCC. The van der Waals surface area contributed by atoms with E-state index in [1.54, 1.807) is 0 Å². The van der Waals surface area contributed by atoms with E-state index in [0.29, 0.717) is 6.67 Å². The summed E-state index contributed by atoms with van der Waals surface area (Å²) in [4.78, 5) is 0. The first-order chi connectivity index (χ1) is 3.85. The van der Waals surface area contributed by atoms with Crippen LogP contribution in [0.3, 0.4) is 0 Å². The minimum absolute atomic E-state index is 0.525. The van der Waals surface area contributed by atoms with E-state index in [2.05, 4.69) is 19.4 Å². The Labute approximate surface area is 50.3 Å². The van der Waals surface area contributed by atoms with Crippen molar-refractivity contribution in [3.05, 3.63) is 6.58 Å². The molecule has 0 aliphatic carbocycles. The van der Waals surface area contributed by atoms with E-state index in [9.17, 15) is 0 Å². The monoisotopic (exact) mass is 113 g/mol. The molecule has 2 heteroatoms. The number of hydrogen-bond acceptors (Lipinski definition) is 1. The van der Waals surface area contributed by atoms with Gasteiger partial charge in [0, 0.05) is 13.0 Å². The summed E-state index contributed by atoms with van der Waals surface area (Å²) in [5.41, 5.74) is 5.29. The van der Waals surface area contributed by atoms with Crippen molar-refractivity contribution in [2.24, 2.45) is 5.73 Å². The molecule has 0 aliphatic rings. The van der Waals surface area contributed by atoms with Crippen molar-refractivity contribution in [2.45, 2.75) is 13.3 Å². The van der Waals surface area contributed by atoms with Crippen LogP contribution < -0.4 is 5.73 Å². The molecule has 2 N–H and O–H groups in total. The first-order valence-electron chi connectivity index (χ1n) is 2.82. The summed E-state index contributed by atoms with van der Waals surface area (Å²) in [5, 5.41) is 0. The molecule has 0 saturated heterocycles. The number of nitrogens with two attached hydrogens (primary N) is 1. The van der Waals surface area contributed by atoms with Gasteiger partial charge in [0.15, 0.2) is 12.4 Å². The number of rotatable bonds is 3. The van der Waals surface area contributed by atoms with Crippen LogP contribution in [0.15, 0.2) is 6.58 Å². The van der Waals surface area contributed by atoms with Crippen LogP contribution in [0, 0.1) is 0 Å². The molecule has 0 bridgehead atoms. The zero-order chi connectivity index (χ0) is 6.41. The van der Waals surface area contributed by atoms with Gasteiger partial charge in [0.05, 0.1) is 0 Å². The molecule has 0 aliphatic heterocycles. The van der Waals surface area contributed by atoms with Crippen molar-refractivity contribution in [3.8, 4) is 0 Å². The number of nitrogens with zero attached hydrogens (tertiary/aromatic N) is 1. The van der Waals surface area contributed by atoms with Crippen molar-refractivity contribution in [3.63, 3.8) is 0 Å². The van der Waals surface area contributed by atoms with Gasteiger partial charge in [0.1, 0.15) is 0 Å². The van der Waals surface area contributed by atoms with Crippen LogP contribution in [0.1, 0.15) is 13.3 Å². The molecular weight excluding hydrogens is 100 g/mol. The Bertz CT molecular complexity index is 101. The van der Waals surface area contributed by atoms with Crippen LogP contribution in [0.2, 0.25) is 0 Å². The van der Waals surface area contributed by atoms with Gasteiger partial charge >= 0.3 is 0 Å². The highest BCUT2D eigenvalue weighted by atomic mass is 15.0. The van der Waals surface area contributed by atoms with E-state index in [1.807, 2.05) is 4.58 Å². The third-order valence-electron chi connectivity index (χ3n) is 0.938. The van der Waals surface area contributed by atoms with Gasteiger partial charge in [-0.1, -0.05) is 6.92 Å². The van der Waals surface area contributed by atoms with Gasteiger partial charge in [-0.15, -0.1) is 0 Å². The van der Waals surface area contributed by atoms with Crippen molar-refractivity contribution in [1.82, 2.24) is 0 Å². The lowest BCUT2D eigenvalue weighted by molar-refractivity contribution is -0.519. The van der Waals surface area contributed by atoms with Crippen LogP contribution in [0.5, 0.6) is 0 Å². The second-order valence-corrected chi connectivity index (χ2v) is 1.60. The van der Waals surface area contributed by atoms with Crippen molar-refractivity contribution >= 4 is 5.87 Å². The van der Waals surface area contributed by atoms with Gasteiger partial charge in [0.25, 0.3) is 0 Å². The molecule has 0 amide bonds. The Hall–Kier alpha value is -0.590. The Balaban J connectivity index is 3.55. The van der Waals surface area contributed by atoms with E-state index < -0.39 is 0 Å². The minimum atomic E-state index is 0.525. The second kappa shape index (κ2) is 4.57. The molecule has 0 aromatic rings. The maximum Gasteiger partial charge on any atom is 0.203 e. The predicted octanol–water partition coefficient (Wildman–Crippen LogP) is 0.181. The van der Waals surface area contributed by atoms with Crippen molar-refractivity contribution < 1.29 is 4.58 Å². The summed E-state index contributed by atoms with van der Waals surface area (Å²) in [5.74, 6) is 2.71. The van der Waals surface area contributed by atoms with E-state index in [0.717, 1.165) is 13.0 Å². The molecule has 46 valence electrons. The lowest BCUT2D eigenvalue weighted by Crippen LogP contribution is -2.19. The van der Waals surface area contributed by atoms with Crippen LogP contribution in [-0.4, -0.2) is 23.7 Å². The van der Waals surface area contributed by atoms with Gasteiger partial charge in [-0.05, 0) is 0 Å². The lowest BCUT2D eigenvalue weighted by atomic mass is 10.5. The highest BCUT2D eigenvalue weighted by Crippen LogP contribution is 1.73. The maximum absolute atomic E-state index is 5.29. The lowest BCUT2D eigenvalue weighted by Gasteiger charge is -1.89. The van der Waals surface area contributed by atoms with Gasteiger partial charge in [-0.25, -0.2) is 0 Å². The minimum Gasteiger partial charge on any atom is -0.275 e. The predicted molar refractivity (Wildman–Crippen MR) is 35.1 cm³/mol. The summed E-state index contributed by atoms with van der Waals surface area (Å²) in [6.07, 6.45) is 1.10. The van der Waals surface area contributed by atoms with Crippen molar-refractivity contribution in [2.75, 3.05) is 13.2 Å². The first-order valence-corrected chi connectivity index (χ1v) is 2.82. The molecule has 0 atom stereocenters. The normalized spacial score (nSPS) is 8.25. The van der Waals surface area contributed by atoms with Crippen molar-refractivity contribution in [1.29, 1.82) is 0 Å². The number of hydrogen-bond donors (Lipinski definition) is 1. The molecule has 0 aromatic carbocycles. The third kappa shape index (κ3) is 2.56. The van der Waals surface area contributed by atoms with Gasteiger partial charge < -0.3 is 0 Å². The maximum atomic E-state index is 5.29. The third-order valence-corrected chi connectivity index (χ3v) is 0.938. The van der Waals surface area contributed by atoms with Crippen LogP contribution in [-0.2, 0) is 0 Å². The fraction of sp³-hybridized carbons (Fsp3) is 0.667. The Kier molecular flexibility index (Phi) is 4.23. The Morgan fingerprint density at radius 1 is 1.75 bits per heavy atom. The fourth-order valence-corrected chi connectivity index (χ4v) is 0.505. The topological polar surface area (TPSA) is 29.0 Å². The Morgan fingerprint density at radius 2 is 2.38 bits per heavy atom. The molecule has 0 saturated carbocycles. The molecule has 0 spiro atoms. The molecule has 0 fully saturated rings. The summed E-state index contributed by atoms with van der Waals surface area (Å²) in [6.45, 7) is 7.05. The highest BCUT2D eigenvalue weighted by Gasteiger charge is 1.92. The zero-order valence-corrected chi connectivity index (χ0v) is 5.35. The summed E-state index contributed by atoms with van der Waals surface area (Å²) < 4.78 is 1.85. The summed E-state index contributed by atoms with van der Waals surface area (Å²) in [7, 11) is 0. The fourth-order valence-electron chi connectivity index (χ4n) is 0.505. The first kappa shape index (κ1) is 7.41. The molecule has 0 heterocycles. The quantitative estimate of drug-likeness (QED) is 0.316. The second-order valence-electron chi connectivity index (χ2n) is 1.60. The van der Waals surface area contributed by atoms with Crippen LogP contribution >= 0.6 is 0 Å². The smallest absolute Gasteiger partial charge is 0.203 e. The largest absolute Gasteiger partial charge is 0.275 e. The molecule has 0 unspecified atom stereocenters.